The van der Waals surface area contributed by atoms with E-state index in [-0.39, 0.29) is 0 Å². The van der Waals surface area contributed by atoms with Gasteiger partial charge in [0.2, 0.25) is 0 Å². The number of hydrogen-bond acceptors (Lipinski definition) is 2. The van der Waals surface area contributed by atoms with Crippen molar-refractivity contribution in [2.24, 2.45) is 10.7 Å². The average molecular weight is 282 g/mol. The van der Waals surface area contributed by atoms with Crippen molar-refractivity contribution in [2.75, 3.05) is 5.32 Å². The Morgan fingerprint density at radius 2 is 1.90 bits per heavy atom. The lowest BCUT2D eigenvalue weighted by Gasteiger charge is -2.08. The van der Waals surface area contributed by atoms with Crippen LogP contribution in [0.3, 0.4) is 0 Å². The number of benzene rings is 1. The fourth-order valence-corrected chi connectivity index (χ4v) is 2.23. The fourth-order valence-electron chi connectivity index (χ4n) is 2.23. The molecule has 0 aliphatic heterocycles. The summed E-state index contributed by atoms with van der Waals surface area (Å²) in [5, 5.41) is 3.12. The zero-order valence-corrected chi connectivity index (χ0v) is 12.9. The van der Waals surface area contributed by atoms with E-state index >= 15 is 0 Å². The molecule has 0 amide bonds. The highest BCUT2D eigenvalue weighted by atomic mass is 15.1. The summed E-state index contributed by atoms with van der Waals surface area (Å²) in [6.07, 6.45) is 2.81. The van der Waals surface area contributed by atoms with Gasteiger partial charge in [-0.2, -0.15) is 0 Å². The van der Waals surface area contributed by atoms with Gasteiger partial charge in [0.1, 0.15) is 0 Å². The number of hydrogen-bond donors (Lipinski definition) is 2. The normalized spacial score (nSPS) is 11.5. The first kappa shape index (κ1) is 15.0. The zero-order chi connectivity index (χ0) is 15.2. The summed E-state index contributed by atoms with van der Waals surface area (Å²) < 4.78 is 0. The van der Waals surface area contributed by atoms with E-state index in [1.807, 2.05) is 24.4 Å². The topological polar surface area (TPSA) is 63.3 Å². The summed E-state index contributed by atoms with van der Waals surface area (Å²) in [6.45, 7) is 6.73. The molecule has 2 aromatic rings. The predicted octanol–water partition coefficient (Wildman–Crippen LogP) is 3.19. The maximum atomic E-state index is 5.94. The molecule has 0 atom stereocenters. The number of pyridine rings is 1. The Balaban J connectivity index is 2.03. The smallest absolute Gasteiger partial charge is 0.193 e. The second-order valence-corrected chi connectivity index (χ2v) is 5.21. The van der Waals surface area contributed by atoms with E-state index < -0.39 is 0 Å². The molecule has 0 bridgehead atoms. The maximum absolute atomic E-state index is 5.94. The SMILES string of the molecule is CCc1ccnc(CN=C(N)Nc2cc(C)cc(C)c2)c1. The van der Waals surface area contributed by atoms with Gasteiger partial charge < -0.3 is 11.1 Å². The molecule has 1 heterocycles. The molecule has 4 nitrogen and oxygen atoms in total. The van der Waals surface area contributed by atoms with Crippen molar-refractivity contribution in [3.05, 3.63) is 58.9 Å². The quantitative estimate of drug-likeness (QED) is 0.668. The van der Waals surface area contributed by atoms with Crippen molar-refractivity contribution in [2.45, 2.75) is 33.7 Å². The molecule has 4 heteroatoms. The third-order valence-electron chi connectivity index (χ3n) is 3.19. The number of aliphatic imine (C=N–C) groups is 1. The number of nitrogens with zero attached hydrogens (tertiary/aromatic N) is 2. The standard InChI is InChI=1S/C17H22N4/c1-4-14-5-6-19-16(10-14)11-20-17(18)21-15-8-12(2)7-13(3)9-15/h5-10H,4,11H2,1-3H3,(H3,18,20,21). The van der Waals surface area contributed by atoms with E-state index in [0.29, 0.717) is 12.5 Å². The van der Waals surface area contributed by atoms with Crippen LogP contribution >= 0.6 is 0 Å². The van der Waals surface area contributed by atoms with E-state index in [0.717, 1.165) is 17.8 Å². The van der Waals surface area contributed by atoms with E-state index in [1.54, 1.807) is 0 Å². The molecular weight excluding hydrogens is 260 g/mol. The second kappa shape index (κ2) is 6.88. The number of guanidine groups is 1. The summed E-state index contributed by atoms with van der Waals surface area (Å²) in [5.41, 5.74) is 11.5. The summed E-state index contributed by atoms with van der Waals surface area (Å²) >= 11 is 0. The maximum Gasteiger partial charge on any atom is 0.193 e. The molecule has 110 valence electrons. The van der Waals surface area contributed by atoms with Crippen molar-refractivity contribution in [3.63, 3.8) is 0 Å². The first-order valence-corrected chi connectivity index (χ1v) is 7.16. The van der Waals surface area contributed by atoms with Gasteiger partial charge in [-0.1, -0.05) is 13.0 Å². The Morgan fingerprint density at radius 3 is 2.57 bits per heavy atom. The Labute approximate surface area is 126 Å². The number of rotatable bonds is 4. The lowest BCUT2D eigenvalue weighted by atomic mass is 10.1. The zero-order valence-electron chi connectivity index (χ0n) is 12.9. The van der Waals surface area contributed by atoms with Crippen molar-refractivity contribution >= 4 is 11.6 Å². The van der Waals surface area contributed by atoms with Crippen molar-refractivity contribution in [1.29, 1.82) is 0 Å². The lowest BCUT2D eigenvalue weighted by molar-refractivity contribution is 0.967. The Hall–Kier alpha value is -2.36. The van der Waals surface area contributed by atoms with Crippen molar-refractivity contribution in [1.82, 2.24) is 4.98 Å². The van der Waals surface area contributed by atoms with Crippen LogP contribution < -0.4 is 11.1 Å². The molecule has 3 N–H and O–H groups in total. The number of aryl methyl sites for hydroxylation is 3. The van der Waals surface area contributed by atoms with Gasteiger partial charge >= 0.3 is 0 Å². The van der Waals surface area contributed by atoms with Crippen molar-refractivity contribution < 1.29 is 0 Å². The molecule has 2 rings (SSSR count). The third-order valence-corrected chi connectivity index (χ3v) is 3.19. The number of aromatic nitrogens is 1. The van der Waals surface area contributed by atoms with Gasteiger partial charge in [0.25, 0.3) is 0 Å². The van der Waals surface area contributed by atoms with Crippen LogP contribution in [0, 0.1) is 13.8 Å². The van der Waals surface area contributed by atoms with Gasteiger partial charge in [-0.3, -0.25) is 4.98 Å². The molecule has 1 aromatic carbocycles. The predicted molar refractivity (Wildman–Crippen MR) is 88.5 cm³/mol. The molecule has 0 saturated heterocycles. The van der Waals surface area contributed by atoms with E-state index in [9.17, 15) is 0 Å². The number of anilines is 1. The first-order chi connectivity index (χ1) is 10.1. The van der Waals surface area contributed by atoms with Gasteiger partial charge in [0.15, 0.2) is 5.96 Å². The fraction of sp³-hybridized carbons (Fsp3) is 0.294. The van der Waals surface area contributed by atoms with Crippen LogP contribution in [0.2, 0.25) is 0 Å². The van der Waals surface area contributed by atoms with Crippen LogP contribution in [0.25, 0.3) is 0 Å². The summed E-state index contributed by atoms with van der Waals surface area (Å²) in [7, 11) is 0. The van der Waals surface area contributed by atoms with E-state index in [2.05, 4.69) is 48.2 Å². The van der Waals surface area contributed by atoms with Gasteiger partial charge in [-0.25, -0.2) is 4.99 Å². The first-order valence-electron chi connectivity index (χ1n) is 7.16. The molecule has 21 heavy (non-hydrogen) atoms. The van der Waals surface area contributed by atoms with Gasteiger partial charge in [-0.05, 0) is 61.2 Å². The molecule has 0 saturated carbocycles. The second-order valence-electron chi connectivity index (χ2n) is 5.21. The number of nitrogens with two attached hydrogens (primary N) is 1. The molecule has 0 aliphatic carbocycles. The monoisotopic (exact) mass is 282 g/mol. The summed E-state index contributed by atoms with van der Waals surface area (Å²) in [5.74, 6) is 0.406. The van der Waals surface area contributed by atoms with Gasteiger partial charge in [-0.15, -0.1) is 0 Å². The van der Waals surface area contributed by atoms with Crippen LogP contribution in [0.5, 0.6) is 0 Å². The largest absolute Gasteiger partial charge is 0.370 e. The highest BCUT2D eigenvalue weighted by Gasteiger charge is 1.99. The Morgan fingerprint density at radius 1 is 1.19 bits per heavy atom. The summed E-state index contributed by atoms with van der Waals surface area (Å²) in [6, 6.07) is 10.3. The van der Waals surface area contributed by atoms with Crippen LogP contribution in [-0.4, -0.2) is 10.9 Å². The highest BCUT2D eigenvalue weighted by molar-refractivity contribution is 5.92. The molecule has 0 spiro atoms. The third kappa shape index (κ3) is 4.60. The molecular formula is C17H22N4. The van der Waals surface area contributed by atoms with Crippen molar-refractivity contribution in [3.8, 4) is 0 Å². The number of nitrogens with one attached hydrogen (secondary N) is 1. The highest BCUT2D eigenvalue weighted by Crippen LogP contribution is 2.13. The van der Waals surface area contributed by atoms with Crippen LogP contribution in [0.15, 0.2) is 41.5 Å². The van der Waals surface area contributed by atoms with E-state index in [1.165, 1.54) is 16.7 Å². The van der Waals surface area contributed by atoms with Gasteiger partial charge in [0, 0.05) is 11.9 Å². The van der Waals surface area contributed by atoms with Crippen LogP contribution in [0.1, 0.15) is 29.3 Å². The van der Waals surface area contributed by atoms with Gasteiger partial charge in [0.05, 0.1) is 12.2 Å². The molecule has 0 unspecified atom stereocenters. The van der Waals surface area contributed by atoms with E-state index in [4.69, 9.17) is 5.73 Å². The van der Waals surface area contributed by atoms with Crippen LogP contribution in [-0.2, 0) is 13.0 Å². The minimum absolute atomic E-state index is 0.406. The Bertz CT molecular complexity index is 627. The van der Waals surface area contributed by atoms with Crippen LogP contribution in [0.4, 0.5) is 5.69 Å². The minimum atomic E-state index is 0.406. The molecule has 0 radical (unpaired) electrons. The Kier molecular flexibility index (Phi) is 4.93. The molecule has 1 aromatic heterocycles. The average Bonchev–Trinajstić information content (AvgIpc) is 2.44. The summed E-state index contributed by atoms with van der Waals surface area (Å²) in [4.78, 5) is 8.65. The molecule has 0 aliphatic rings. The minimum Gasteiger partial charge on any atom is -0.370 e. The molecule has 0 fully saturated rings. The lowest BCUT2D eigenvalue weighted by Crippen LogP contribution is -2.22.